The summed E-state index contributed by atoms with van der Waals surface area (Å²) < 4.78 is 33.2. The minimum Gasteiger partial charge on any atom is -0.360 e. The lowest BCUT2D eigenvalue weighted by Gasteiger charge is -2.15. The third kappa shape index (κ3) is 2.38. The smallest absolute Gasteiger partial charge is 0.248 e. The first-order valence-corrected chi connectivity index (χ1v) is 8.01. The van der Waals surface area contributed by atoms with Gasteiger partial charge >= 0.3 is 0 Å². The first kappa shape index (κ1) is 14.7. The van der Waals surface area contributed by atoms with E-state index in [4.69, 9.17) is 4.52 Å². The number of nitrogens with zero attached hydrogens (tertiary/aromatic N) is 5. The predicted molar refractivity (Wildman–Crippen MR) is 77.6 cm³/mol. The van der Waals surface area contributed by atoms with E-state index >= 15 is 0 Å². The number of hydrogen-bond acceptors (Lipinski definition) is 6. The summed E-state index contributed by atoms with van der Waals surface area (Å²) in [6.07, 6.45) is 5.19. The molecule has 0 aromatic carbocycles. The minimum absolute atomic E-state index is 0.108. The Morgan fingerprint density at radius 1 is 1.36 bits per heavy atom. The Morgan fingerprint density at radius 3 is 2.77 bits per heavy atom. The molecule has 0 saturated carbocycles. The molecule has 0 radical (unpaired) electrons. The van der Waals surface area contributed by atoms with E-state index in [1.807, 2.05) is 6.20 Å². The monoisotopic (exact) mass is 321 g/mol. The third-order valence-electron chi connectivity index (χ3n) is 3.31. The summed E-state index contributed by atoms with van der Waals surface area (Å²) in [5, 5.41) is 3.70. The zero-order valence-corrected chi connectivity index (χ0v) is 13.2. The molecular weight excluding hydrogens is 306 g/mol. The van der Waals surface area contributed by atoms with Crippen molar-refractivity contribution in [2.75, 3.05) is 7.05 Å². The Hall–Kier alpha value is -2.26. The molecule has 3 aromatic rings. The van der Waals surface area contributed by atoms with Crippen molar-refractivity contribution in [1.29, 1.82) is 0 Å². The third-order valence-corrected chi connectivity index (χ3v) is 5.35. The Bertz CT molecular complexity index is 876. The maximum Gasteiger partial charge on any atom is 0.248 e. The van der Waals surface area contributed by atoms with Gasteiger partial charge in [-0.3, -0.25) is 4.40 Å². The minimum atomic E-state index is -3.69. The van der Waals surface area contributed by atoms with Crippen LogP contribution in [0.4, 0.5) is 0 Å². The van der Waals surface area contributed by atoms with E-state index in [0.29, 0.717) is 17.2 Å². The molecule has 0 amide bonds. The van der Waals surface area contributed by atoms with Crippen LogP contribution >= 0.6 is 0 Å². The molecule has 0 N–H and O–H groups in total. The standard InChI is InChI=1S/C13H15N5O3S/c1-9-12(10(2)21-16-9)22(19,20)17(3)7-11-8-18-6-4-5-14-13(18)15-11/h4-6,8H,7H2,1-3H3. The molecule has 3 heterocycles. The number of sulfonamides is 1. The maximum absolute atomic E-state index is 12.6. The summed E-state index contributed by atoms with van der Waals surface area (Å²) >= 11 is 0. The van der Waals surface area contributed by atoms with Crippen LogP contribution in [0.2, 0.25) is 0 Å². The van der Waals surface area contributed by atoms with Gasteiger partial charge < -0.3 is 4.52 Å². The van der Waals surface area contributed by atoms with E-state index in [1.54, 1.807) is 36.7 Å². The zero-order chi connectivity index (χ0) is 15.9. The molecule has 0 aliphatic heterocycles. The van der Waals surface area contributed by atoms with Gasteiger partial charge in [-0.1, -0.05) is 5.16 Å². The highest BCUT2D eigenvalue weighted by Crippen LogP contribution is 2.23. The van der Waals surface area contributed by atoms with Crippen LogP contribution in [-0.4, -0.2) is 39.3 Å². The van der Waals surface area contributed by atoms with Gasteiger partial charge in [-0.05, 0) is 19.9 Å². The SMILES string of the molecule is Cc1noc(C)c1S(=O)(=O)N(C)Cc1cn2cccnc2n1. The first-order valence-electron chi connectivity index (χ1n) is 6.57. The van der Waals surface area contributed by atoms with E-state index in [-0.39, 0.29) is 17.2 Å². The lowest BCUT2D eigenvalue weighted by atomic mass is 10.4. The molecule has 3 rings (SSSR count). The van der Waals surface area contributed by atoms with Crippen molar-refractivity contribution in [3.05, 3.63) is 41.8 Å². The van der Waals surface area contributed by atoms with Crippen LogP contribution in [0.5, 0.6) is 0 Å². The topological polar surface area (TPSA) is 93.6 Å². The van der Waals surface area contributed by atoms with Crippen LogP contribution in [0.1, 0.15) is 17.1 Å². The van der Waals surface area contributed by atoms with Crippen LogP contribution in [0.15, 0.2) is 34.1 Å². The molecule has 8 nitrogen and oxygen atoms in total. The molecule has 0 aliphatic rings. The van der Waals surface area contributed by atoms with Gasteiger partial charge in [-0.15, -0.1) is 0 Å². The largest absolute Gasteiger partial charge is 0.360 e. The molecule has 0 unspecified atom stereocenters. The quantitative estimate of drug-likeness (QED) is 0.715. The van der Waals surface area contributed by atoms with Gasteiger partial charge in [0.15, 0.2) is 5.76 Å². The number of fused-ring (bicyclic) bond motifs is 1. The van der Waals surface area contributed by atoms with Gasteiger partial charge in [0, 0.05) is 25.6 Å². The van der Waals surface area contributed by atoms with E-state index in [0.717, 1.165) is 0 Å². The van der Waals surface area contributed by atoms with E-state index in [1.165, 1.54) is 11.4 Å². The molecule has 0 fully saturated rings. The fourth-order valence-electron chi connectivity index (χ4n) is 2.27. The van der Waals surface area contributed by atoms with Gasteiger partial charge in [0.1, 0.15) is 10.6 Å². The molecule has 22 heavy (non-hydrogen) atoms. The summed E-state index contributed by atoms with van der Waals surface area (Å²) in [4.78, 5) is 8.52. The average molecular weight is 321 g/mol. The van der Waals surface area contributed by atoms with Crippen molar-refractivity contribution in [3.63, 3.8) is 0 Å². The average Bonchev–Trinajstić information content (AvgIpc) is 3.01. The van der Waals surface area contributed by atoms with Crippen LogP contribution in [-0.2, 0) is 16.6 Å². The Balaban J connectivity index is 1.92. The Labute approximate surface area is 127 Å². The number of imidazole rings is 1. The van der Waals surface area contributed by atoms with Crippen molar-refractivity contribution in [1.82, 2.24) is 23.8 Å². The van der Waals surface area contributed by atoms with Gasteiger partial charge in [0.25, 0.3) is 0 Å². The van der Waals surface area contributed by atoms with Gasteiger partial charge in [0.2, 0.25) is 15.8 Å². The molecule has 0 spiro atoms. The van der Waals surface area contributed by atoms with Crippen LogP contribution in [0, 0.1) is 13.8 Å². The van der Waals surface area contributed by atoms with Gasteiger partial charge in [-0.2, -0.15) is 4.31 Å². The lowest BCUT2D eigenvalue weighted by molar-refractivity contribution is 0.389. The highest BCUT2D eigenvalue weighted by atomic mass is 32.2. The molecule has 0 aliphatic carbocycles. The molecule has 3 aromatic heterocycles. The highest BCUT2D eigenvalue weighted by Gasteiger charge is 2.29. The normalized spacial score (nSPS) is 12.4. The van der Waals surface area contributed by atoms with Gasteiger partial charge in [0.05, 0.1) is 12.2 Å². The van der Waals surface area contributed by atoms with Crippen molar-refractivity contribution in [2.45, 2.75) is 25.3 Å². The second-order valence-electron chi connectivity index (χ2n) is 4.97. The number of hydrogen-bond donors (Lipinski definition) is 0. The summed E-state index contributed by atoms with van der Waals surface area (Å²) in [5.41, 5.74) is 0.956. The van der Waals surface area contributed by atoms with Crippen LogP contribution in [0.3, 0.4) is 0 Å². The summed E-state index contributed by atoms with van der Waals surface area (Å²) in [6, 6.07) is 1.78. The first-order chi connectivity index (χ1) is 10.4. The van der Waals surface area contributed by atoms with Gasteiger partial charge in [-0.25, -0.2) is 18.4 Å². The fraction of sp³-hybridized carbons (Fsp3) is 0.308. The second-order valence-corrected chi connectivity index (χ2v) is 6.96. The van der Waals surface area contributed by atoms with Crippen molar-refractivity contribution in [3.8, 4) is 0 Å². The van der Waals surface area contributed by atoms with E-state index in [2.05, 4.69) is 15.1 Å². The predicted octanol–water partition coefficient (Wildman–Crippen LogP) is 1.15. The van der Waals surface area contributed by atoms with E-state index < -0.39 is 10.0 Å². The second kappa shape index (κ2) is 5.18. The zero-order valence-electron chi connectivity index (χ0n) is 12.4. The van der Waals surface area contributed by atoms with Crippen LogP contribution < -0.4 is 0 Å². The summed E-state index contributed by atoms with van der Waals surface area (Å²) in [6.45, 7) is 3.32. The van der Waals surface area contributed by atoms with Crippen LogP contribution in [0.25, 0.3) is 5.78 Å². The molecule has 9 heteroatoms. The molecule has 0 saturated heterocycles. The van der Waals surface area contributed by atoms with Crippen molar-refractivity contribution < 1.29 is 12.9 Å². The Morgan fingerprint density at radius 2 is 2.14 bits per heavy atom. The summed E-state index contributed by atoms with van der Waals surface area (Å²) in [5.74, 6) is 0.807. The van der Waals surface area contributed by atoms with Crippen molar-refractivity contribution >= 4 is 15.8 Å². The number of aromatic nitrogens is 4. The van der Waals surface area contributed by atoms with E-state index in [9.17, 15) is 8.42 Å². The lowest BCUT2D eigenvalue weighted by Crippen LogP contribution is -2.27. The number of rotatable bonds is 4. The number of aryl methyl sites for hydroxylation is 2. The highest BCUT2D eigenvalue weighted by molar-refractivity contribution is 7.89. The van der Waals surface area contributed by atoms with Crippen molar-refractivity contribution in [2.24, 2.45) is 0 Å². The molecule has 0 bridgehead atoms. The molecular formula is C13H15N5O3S. The maximum atomic E-state index is 12.6. The fourth-order valence-corrected chi connectivity index (χ4v) is 3.69. The molecule has 0 atom stereocenters. The Kier molecular flexibility index (Phi) is 3.45. The summed E-state index contributed by atoms with van der Waals surface area (Å²) in [7, 11) is -2.19. The molecule has 116 valence electrons.